The van der Waals surface area contributed by atoms with Gasteiger partial charge in [-0.3, -0.25) is 9.89 Å². The number of aliphatic imine (C=N–C) groups is 1. The highest BCUT2D eigenvalue weighted by Crippen LogP contribution is 2.19. The molecule has 156 valence electrons. The van der Waals surface area contributed by atoms with Crippen LogP contribution in [0.4, 0.5) is 0 Å². The Labute approximate surface area is 186 Å². The molecule has 0 unspecified atom stereocenters. The highest BCUT2D eigenvalue weighted by molar-refractivity contribution is 14.0. The fourth-order valence-electron chi connectivity index (χ4n) is 3.72. The largest absolute Gasteiger partial charge is 0.356 e. The van der Waals surface area contributed by atoms with Crippen molar-refractivity contribution in [1.82, 2.24) is 25.5 Å². The van der Waals surface area contributed by atoms with E-state index in [0.29, 0.717) is 0 Å². The first-order valence-electron chi connectivity index (χ1n) is 10.2. The molecule has 3 rings (SSSR count). The average molecular weight is 498 g/mol. The maximum Gasteiger partial charge on any atom is 0.191 e. The number of likely N-dealkylation sites (tertiary alicyclic amines) is 1. The molecule has 0 amide bonds. The summed E-state index contributed by atoms with van der Waals surface area (Å²) in [7, 11) is 1.84. The van der Waals surface area contributed by atoms with Gasteiger partial charge in [-0.2, -0.15) is 0 Å². The number of piperidine rings is 1. The van der Waals surface area contributed by atoms with Gasteiger partial charge >= 0.3 is 0 Å². The van der Waals surface area contributed by atoms with Crippen LogP contribution in [0.15, 0.2) is 29.3 Å². The van der Waals surface area contributed by atoms with Crippen molar-refractivity contribution in [2.24, 2.45) is 4.99 Å². The van der Waals surface area contributed by atoms with E-state index in [4.69, 9.17) is 0 Å². The summed E-state index contributed by atoms with van der Waals surface area (Å²) in [5, 5.41) is 6.93. The van der Waals surface area contributed by atoms with Crippen LogP contribution in [0.1, 0.15) is 45.4 Å². The van der Waals surface area contributed by atoms with Crippen molar-refractivity contribution in [3.05, 3.63) is 30.1 Å². The molecule has 2 heterocycles. The van der Waals surface area contributed by atoms with Crippen molar-refractivity contribution in [2.75, 3.05) is 33.2 Å². The van der Waals surface area contributed by atoms with E-state index in [9.17, 15) is 0 Å². The molecular formula is C21H35IN6. The second-order valence-corrected chi connectivity index (χ2v) is 8.02. The number of aromatic amines is 1. The van der Waals surface area contributed by atoms with Crippen molar-refractivity contribution in [3.63, 3.8) is 0 Å². The van der Waals surface area contributed by atoms with Crippen LogP contribution < -0.4 is 10.6 Å². The molecule has 1 fully saturated rings. The van der Waals surface area contributed by atoms with Crippen LogP contribution in [0.2, 0.25) is 0 Å². The maximum absolute atomic E-state index is 4.64. The van der Waals surface area contributed by atoms with Gasteiger partial charge in [0.15, 0.2) is 5.96 Å². The SMILES string of the molecule is CN=C(NCCCc1nc2ccccc2[nH]1)NCC(C)(C)N1CCCCC1.I. The Bertz CT molecular complexity index is 715. The molecule has 1 aromatic heterocycles. The Morgan fingerprint density at radius 1 is 1.18 bits per heavy atom. The van der Waals surface area contributed by atoms with E-state index in [1.807, 2.05) is 25.2 Å². The van der Waals surface area contributed by atoms with Crippen molar-refractivity contribution >= 4 is 41.0 Å². The zero-order valence-corrected chi connectivity index (χ0v) is 19.8. The highest BCUT2D eigenvalue weighted by Gasteiger charge is 2.27. The Morgan fingerprint density at radius 2 is 1.93 bits per heavy atom. The van der Waals surface area contributed by atoms with Gasteiger partial charge in [-0.05, 0) is 58.3 Å². The summed E-state index contributed by atoms with van der Waals surface area (Å²) < 4.78 is 0. The second kappa shape index (κ2) is 11.0. The minimum Gasteiger partial charge on any atom is -0.356 e. The summed E-state index contributed by atoms with van der Waals surface area (Å²) in [6.07, 6.45) is 5.94. The molecule has 0 saturated carbocycles. The second-order valence-electron chi connectivity index (χ2n) is 8.02. The lowest BCUT2D eigenvalue weighted by Crippen LogP contribution is -2.54. The van der Waals surface area contributed by atoms with Gasteiger partial charge in [0, 0.05) is 32.1 Å². The maximum atomic E-state index is 4.64. The number of H-pyrrole nitrogens is 1. The zero-order valence-electron chi connectivity index (χ0n) is 17.4. The van der Waals surface area contributed by atoms with Gasteiger partial charge in [-0.1, -0.05) is 18.6 Å². The number of halogens is 1. The Kier molecular flexibility index (Phi) is 9.01. The molecule has 2 aromatic rings. The molecule has 28 heavy (non-hydrogen) atoms. The van der Waals surface area contributed by atoms with E-state index < -0.39 is 0 Å². The molecule has 0 bridgehead atoms. The van der Waals surface area contributed by atoms with Gasteiger partial charge in [0.25, 0.3) is 0 Å². The first-order valence-corrected chi connectivity index (χ1v) is 10.2. The molecule has 0 aliphatic carbocycles. The lowest BCUT2D eigenvalue weighted by Gasteiger charge is -2.41. The van der Waals surface area contributed by atoms with Crippen LogP contribution in [0.5, 0.6) is 0 Å². The van der Waals surface area contributed by atoms with Gasteiger partial charge in [0.1, 0.15) is 5.82 Å². The van der Waals surface area contributed by atoms with Gasteiger partial charge in [0.05, 0.1) is 11.0 Å². The molecule has 7 heteroatoms. The molecule has 1 aliphatic rings. The predicted molar refractivity (Wildman–Crippen MR) is 129 cm³/mol. The van der Waals surface area contributed by atoms with Crippen LogP contribution in [-0.2, 0) is 6.42 Å². The standard InChI is InChI=1S/C21H34N6.HI/c1-21(2,27-14-7-4-8-15-27)16-24-20(22-3)23-13-9-12-19-25-17-10-5-6-11-18(17)26-19;/h5-6,10-11H,4,7-9,12-16H2,1-3H3,(H,25,26)(H2,22,23,24);1H. The summed E-state index contributed by atoms with van der Waals surface area (Å²) in [5.74, 6) is 1.93. The predicted octanol–water partition coefficient (Wildman–Crippen LogP) is 3.54. The highest BCUT2D eigenvalue weighted by atomic mass is 127. The number of rotatable bonds is 7. The fourth-order valence-corrected chi connectivity index (χ4v) is 3.72. The zero-order chi connectivity index (χ0) is 19.1. The van der Waals surface area contributed by atoms with Gasteiger partial charge < -0.3 is 15.6 Å². The number of nitrogens with one attached hydrogen (secondary N) is 3. The summed E-state index contributed by atoms with van der Waals surface area (Å²) in [6, 6.07) is 8.17. The summed E-state index contributed by atoms with van der Waals surface area (Å²) in [6.45, 7) is 8.83. The van der Waals surface area contributed by atoms with Crippen LogP contribution in [0, 0.1) is 0 Å². The number of hydrogen-bond acceptors (Lipinski definition) is 3. The molecule has 0 radical (unpaired) electrons. The van der Waals surface area contributed by atoms with Crippen LogP contribution in [0.25, 0.3) is 11.0 Å². The number of aromatic nitrogens is 2. The Balaban J connectivity index is 0.00000280. The van der Waals surface area contributed by atoms with Gasteiger partial charge in [-0.15, -0.1) is 24.0 Å². The third-order valence-electron chi connectivity index (χ3n) is 5.45. The summed E-state index contributed by atoms with van der Waals surface area (Å²) in [5.41, 5.74) is 2.29. The number of nitrogens with zero attached hydrogens (tertiary/aromatic N) is 3. The lowest BCUT2D eigenvalue weighted by molar-refractivity contribution is 0.0982. The normalized spacial score (nSPS) is 16.0. The summed E-state index contributed by atoms with van der Waals surface area (Å²) in [4.78, 5) is 15.0. The molecule has 1 aliphatic heterocycles. The molecule has 0 spiro atoms. The lowest BCUT2D eigenvalue weighted by atomic mass is 9.98. The first-order chi connectivity index (χ1) is 13.1. The first kappa shape index (κ1) is 22.9. The molecule has 6 nitrogen and oxygen atoms in total. The smallest absolute Gasteiger partial charge is 0.191 e. The minimum atomic E-state index is 0. The average Bonchev–Trinajstić information content (AvgIpc) is 3.11. The van der Waals surface area contributed by atoms with Crippen LogP contribution in [0.3, 0.4) is 0 Å². The van der Waals surface area contributed by atoms with Crippen LogP contribution >= 0.6 is 24.0 Å². The summed E-state index contributed by atoms with van der Waals surface area (Å²) >= 11 is 0. The van der Waals surface area contributed by atoms with Crippen molar-refractivity contribution in [1.29, 1.82) is 0 Å². The molecule has 3 N–H and O–H groups in total. The van der Waals surface area contributed by atoms with Crippen molar-refractivity contribution in [2.45, 2.75) is 51.5 Å². The van der Waals surface area contributed by atoms with Gasteiger partial charge in [-0.25, -0.2) is 4.98 Å². The van der Waals surface area contributed by atoms with E-state index >= 15 is 0 Å². The van der Waals surface area contributed by atoms with E-state index in [2.05, 4.69) is 50.4 Å². The van der Waals surface area contributed by atoms with E-state index in [1.165, 1.54) is 32.4 Å². The number of aryl methyl sites for hydroxylation is 1. The molecule has 1 aromatic carbocycles. The number of benzene rings is 1. The molecule has 0 atom stereocenters. The van der Waals surface area contributed by atoms with E-state index in [1.54, 1.807) is 0 Å². The Hall–Kier alpha value is -1.35. The molecular weight excluding hydrogens is 463 g/mol. The van der Waals surface area contributed by atoms with Crippen molar-refractivity contribution < 1.29 is 0 Å². The fraction of sp³-hybridized carbons (Fsp3) is 0.619. The van der Waals surface area contributed by atoms with E-state index in [-0.39, 0.29) is 29.5 Å². The third kappa shape index (κ3) is 6.34. The number of imidazole rings is 1. The minimum absolute atomic E-state index is 0. The van der Waals surface area contributed by atoms with Crippen LogP contribution in [-0.4, -0.2) is 59.6 Å². The quantitative estimate of drug-likeness (QED) is 0.237. The Morgan fingerprint density at radius 3 is 2.64 bits per heavy atom. The topological polar surface area (TPSA) is 68.3 Å². The molecule has 1 saturated heterocycles. The number of fused-ring (bicyclic) bond motifs is 1. The number of hydrogen-bond donors (Lipinski definition) is 3. The monoisotopic (exact) mass is 498 g/mol. The third-order valence-corrected chi connectivity index (χ3v) is 5.45. The van der Waals surface area contributed by atoms with Gasteiger partial charge in [0.2, 0.25) is 0 Å². The number of para-hydroxylation sites is 2. The van der Waals surface area contributed by atoms with Crippen molar-refractivity contribution in [3.8, 4) is 0 Å². The van der Waals surface area contributed by atoms with E-state index in [0.717, 1.165) is 48.7 Å². The number of guanidine groups is 1.